The van der Waals surface area contributed by atoms with E-state index in [4.69, 9.17) is 0 Å². The average Bonchev–Trinajstić information content (AvgIpc) is 3.38. The van der Waals surface area contributed by atoms with Gasteiger partial charge in [0.05, 0.1) is 17.1 Å². The van der Waals surface area contributed by atoms with Crippen LogP contribution >= 0.6 is 0 Å². The van der Waals surface area contributed by atoms with Gasteiger partial charge in [-0.2, -0.15) is 17.5 Å². The fraction of sp³-hybridized carbons (Fsp3) is 0.320. The first-order valence-corrected chi connectivity index (χ1v) is 13.0. The second-order valence-electron chi connectivity index (χ2n) is 8.56. The van der Waals surface area contributed by atoms with E-state index in [1.54, 1.807) is 12.3 Å². The van der Waals surface area contributed by atoms with Gasteiger partial charge in [-0.05, 0) is 66.8 Å². The van der Waals surface area contributed by atoms with Crippen LogP contribution in [0.15, 0.2) is 59.8 Å². The van der Waals surface area contributed by atoms with Crippen LogP contribution in [-0.4, -0.2) is 41.2 Å². The summed E-state index contributed by atoms with van der Waals surface area (Å²) in [5.41, 5.74) is 1.37. The lowest BCUT2D eigenvalue weighted by atomic mass is 10.00. The summed E-state index contributed by atoms with van der Waals surface area (Å²) in [6.07, 6.45) is -0.401. The molecule has 1 N–H and O–H groups in total. The number of aryl methyl sites for hydroxylation is 1. The number of alkyl halides is 3. The van der Waals surface area contributed by atoms with Gasteiger partial charge in [0.1, 0.15) is 17.6 Å². The number of halogens is 4. The molecular formula is C25H24F4N4O3S. The first-order chi connectivity index (χ1) is 17.5. The van der Waals surface area contributed by atoms with Crippen LogP contribution in [-0.2, 0) is 34.0 Å². The summed E-state index contributed by atoms with van der Waals surface area (Å²) in [5.74, 6) is -1.06. The second kappa shape index (κ2) is 10.5. The molecule has 1 saturated heterocycles. The van der Waals surface area contributed by atoms with Crippen molar-refractivity contribution < 1.29 is 30.8 Å². The number of hydrogen-bond acceptors (Lipinski definition) is 5. The average molecular weight is 537 g/mol. The molecule has 0 spiro atoms. The Hall–Kier alpha value is -3.38. The molecule has 1 atom stereocenters. The summed E-state index contributed by atoms with van der Waals surface area (Å²) in [7, 11) is -4.00. The molecule has 1 aromatic carbocycles. The molecule has 1 amide bonds. The standard InChI is InChI=1S/C25H24F4N4O3S/c1-2-16-13-30-19(12-21(16)17-5-10-23(31-14-17)25(27,28)29)15-32-24(34)22-4-3-11-33(22)37(35,36)20-8-6-18(26)7-9-20/h5-10,12-14,22H,2-4,11,15H2,1H3,(H,32,34). The highest BCUT2D eigenvalue weighted by atomic mass is 32.2. The minimum absolute atomic E-state index is 0.00910. The number of carbonyl (C=O) groups excluding carboxylic acids is 1. The Morgan fingerprint density at radius 3 is 2.46 bits per heavy atom. The van der Waals surface area contributed by atoms with E-state index < -0.39 is 39.7 Å². The van der Waals surface area contributed by atoms with Gasteiger partial charge in [0, 0.05) is 24.5 Å². The van der Waals surface area contributed by atoms with Crippen LogP contribution in [0.5, 0.6) is 0 Å². The van der Waals surface area contributed by atoms with Crippen molar-refractivity contribution in [1.29, 1.82) is 0 Å². The van der Waals surface area contributed by atoms with Crippen molar-refractivity contribution in [3.63, 3.8) is 0 Å². The number of carbonyl (C=O) groups is 1. The van der Waals surface area contributed by atoms with E-state index in [2.05, 4.69) is 15.3 Å². The minimum Gasteiger partial charge on any atom is -0.349 e. The quantitative estimate of drug-likeness (QED) is 0.454. The number of aromatic nitrogens is 2. The first-order valence-electron chi connectivity index (χ1n) is 11.6. The van der Waals surface area contributed by atoms with Gasteiger partial charge in [-0.1, -0.05) is 13.0 Å². The van der Waals surface area contributed by atoms with Gasteiger partial charge in [-0.15, -0.1) is 0 Å². The Kier molecular flexibility index (Phi) is 7.60. The molecule has 4 rings (SSSR count). The number of rotatable bonds is 7. The van der Waals surface area contributed by atoms with Crippen molar-refractivity contribution in [2.24, 2.45) is 0 Å². The fourth-order valence-corrected chi connectivity index (χ4v) is 5.88. The summed E-state index contributed by atoms with van der Waals surface area (Å²) in [6, 6.07) is 7.41. The molecule has 3 heterocycles. The molecule has 7 nitrogen and oxygen atoms in total. The maximum absolute atomic E-state index is 13.2. The summed E-state index contributed by atoms with van der Waals surface area (Å²) >= 11 is 0. The maximum Gasteiger partial charge on any atom is 0.433 e. The Morgan fingerprint density at radius 1 is 1.11 bits per heavy atom. The Bertz CT molecular complexity index is 1380. The number of nitrogens with one attached hydrogen (secondary N) is 1. The van der Waals surface area contributed by atoms with Gasteiger partial charge < -0.3 is 5.32 Å². The van der Waals surface area contributed by atoms with Crippen molar-refractivity contribution in [3.05, 3.63) is 77.6 Å². The molecule has 0 bridgehead atoms. The first kappa shape index (κ1) is 26.7. The van der Waals surface area contributed by atoms with E-state index in [1.165, 1.54) is 6.07 Å². The largest absolute Gasteiger partial charge is 0.433 e. The van der Waals surface area contributed by atoms with Gasteiger partial charge in [-0.25, -0.2) is 12.8 Å². The zero-order chi connectivity index (χ0) is 26.8. The van der Waals surface area contributed by atoms with Crippen LogP contribution in [0, 0.1) is 5.82 Å². The highest BCUT2D eigenvalue weighted by Gasteiger charge is 2.39. The van der Waals surface area contributed by atoms with Crippen LogP contribution in [0.25, 0.3) is 11.1 Å². The predicted molar refractivity (Wildman–Crippen MR) is 127 cm³/mol. The van der Waals surface area contributed by atoms with Gasteiger partial charge in [-0.3, -0.25) is 14.8 Å². The molecule has 1 aliphatic rings. The van der Waals surface area contributed by atoms with Crippen LogP contribution in [0.4, 0.5) is 17.6 Å². The van der Waals surface area contributed by atoms with Crippen LogP contribution < -0.4 is 5.32 Å². The van der Waals surface area contributed by atoms with Crippen molar-refractivity contribution in [2.45, 2.75) is 49.8 Å². The molecule has 1 aliphatic heterocycles. The van der Waals surface area contributed by atoms with E-state index in [9.17, 15) is 30.8 Å². The van der Waals surface area contributed by atoms with E-state index in [0.717, 1.165) is 46.4 Å². The molecule has 196 valence electrons. The third kappa shape index (κ3) is 5.80. The highest BCUT2D eigenvalue weighted by Crippen LogP contribution is 2.30. The molecule has 1 unspecified atom stereocenters. The molecule has 0 aliphatic carbocycles. The topological polar surface area (TPSA) is 92.3 Å². The Balaban J connectivity index is 1.49. The smallest absolute Gasteiger partial charge is 0.349 e. The van der Waals surface area contributed by atoms with E-state index in [1.807, 2.05) is 6.92 Å². The van der Waals surface area contributed by atoms with Gasteiger partial charge in [0.25, 0.3) is 0 Å². The van der Waals surface area contributed by atoms with Gasteiger partial charge >= 0.3 is 6.18 Å². The molecule has 0 saturated carbocycles. The second-order valence-corrected chi connectivity index (χ2v) is 10.5. The maximum atomic E-state index is 13.2. The zero-order valence-electron chi connectivity index (χ0n) is 19.8. The number of pyridine rings is 2. The third-order valence-electron chi connectivity index (χ3n) is 6.16. The molecule has 2 aromatic heterocycles. The molecule has 0 radical (unpaired) electrons. The summed E-state index contributed by atoms with van der Waals surface area (Å²) in [5, 5.41) is 2.72. The SMILES string of the molecule is CCc1cnc(CNC(=O)C2CCCN2S(=O)(=O)c2ccc(F)cc2)cc1-c1ccc(C(F)(F)F)nc1. The van der Waals surface area contributed by atoms with E-state index in [-0.39, 0.29) is 18.0 Å². The van der Waals surface area contributed by atoms with Crippen molar-refractivity contribution >= 4 is 15.9 Å². The predicted octanol–water partition coefficient (Wildman–Crippen LogP) is 4.33. The Labute approximate surface area is 211 Å². The number of sulfonamides is 1. The third-order valence-corrected chi connectivity index (χ3v) is 8.08. The monoisotopic (exact) mass is 536 g/mol. The molecule has 12 heteroatoms. The summed E-state index contributed by atoms with van der Waals surface area (Å²) < 4.78 is 79.1. The summed E-state index contributed by atoms with van der Waals surface area (Å²) in [4.78, 5) is 20.7. The lowest BCUT2D eigenvalue weighted by Crippen LogP contribution is -2.45. The zero-order valence-corrected chi connectivity index (χ0v) is 20.6. The lowest BCUT2D eigenvalue weighted by Gasteiger charge is -2.23. The molecule has 37 heavy (non-hydrogen) atoms. The van der Waals surface area contributed by atoms with E-state index in [0.29, 0.717) is 36.1 Å². The van der Waals surface area contributed by atoms with Crippen molar-refractivity contribution in [1.82, 2.24) is 19.6 Å². The fourth-order valence-electron chi connectivity index (χ4n) is 4.22. The van der Waals surface area contributed by atoms with Crippen LogP contribution in [0.1, 0.15) is 36.7 Å². The number of benzene rings is 1. The highest BCUT2D eigenvalue weighted by molar-refractivity contribution is 7.89. The minimum atomic E-state index is -4.54. The molecule has 3 aromatic rings. The van der Waals surface area contributed by atoms with Gasteiger partial charge in [0.15, 0.2) is 0 Å². The number of amides is 1. The normalized spacial score (nSPS) is 16.6. The number of nitrogens with zero attached hydrogens (tertiary/aromatic N) is 3. The van der Waals surface area contributed by atoms with Crippen LogP contribution in [0.2, 0.25) is 0 Å². The lowest BCUT2D eigenvalue weighted by molar-refractivity contribution is -0.141. The van der Waals surface area contributed by atoms with Gasteiger partial charge in [0.2, 0.25) is 15.9 Å². The van der Waals surface area contributed by atoms with Crippen molar-refractivity contribution in [2.75, 3.05) is 6.54 Å². The summed E-state index contributed by atoms with van der Waals surface area (Å²) in [6.45, 7) is 2.03. The molecule has 1 fully saturated rings. The molecular weight excluding hydrogens is 512 g/mol. The van der Waals surface area contributed by atoms with Crippen LogP contribution in [0.3, 0.4) is 0 Å². The number of hydrogen-bond donors (Lipinski definition) is 1. The Morgan fingerprint density at radius 2 is 1.84 bits per heavy atom. The van der Waals surface area contributed by atoms with Crippen molar-refractivity contribution in [3.8, 4) is 11.1 Å². The van der Waals surface area contributed by atoms with E-state index >= 15 is 0 Å².